The number of rotatable bonds is 1. The Balaban J connectivity index is 3.17. The highest BCUT2D eigenvalue weighted by Gasteiger charge is 2.06. The molecule has 0 spiro atoms. The fourth-order valence-corrected chi connectivity index (χ4v) is 1.62. The molecular formula is C4H3Cl2N3S. The van der Waals surface area contributed by atoms with Crippen molar-refractivity contribution in [1.29, 1.82) is 0 Å². The summed E-state index contributed by atoms with van der Waals surface area (Å²) in [5.41, 5.74) is 0. The molecule has 0 saturated carbocycles. The average Bonchev–Trinajstić information content (AvgIpc) is 1.88. The third-order valence-corrected chi connectivity index (χ3v) is 2.39. The Morgan fingerprint density at radius 2 is 1.70 bits per heavy atom. The zero-order valence-corrected chi connectivity index (χ0v) is 7.33. The molecule has 1 rings (SSSR count). The molecule has 54 valence electrons. The monoisotopic (exact) mass is 195 g/mol. The van der Waals surface area contributed by atoms with Gasteiger partial charge in [-0.1, -0.05) is 23.2 Å². The standard InChI is InChI=1S/C4H3Cl2N3S/c1-10-2-3(5)7-9-8-4(2)6/h1H3. The van der Waals surface area contributed by atoms with Gasteiger partial charge in [0.25, 0.3) is 0 Å². The molecule has 1 heterocycles. The third-order valence-electron chi connectivity index (χ3n) is 0.844. The number of hydrogen-bond donors (Lipinski definition) is 0. The van der Waals surface area contributed by atoms with Gasteiger partial charge in [-0.25, -0.2) is 0 Å². The van der Waals surface area contributed by atoms with Crippen molar-refractivity contribution < 1.29 is 0 Å². The van der Waals surface area contributed by atoms with Crippen molar-refractivity contribution in [2.24, 2.45) is 0 Å². The molecule has 10 heavy (non-hydrogen) atoms. The van der Waals surface area contributed by atoms with E-state index in [9.17, 15) is 0 Å². The summed E-state index contributed by atoms with van der Waals surface area (Å²) < 4.78 is 0. The average molecular weight is 196 g/mol. The number of thioether (sulfide) groups is 1. The highest BCUT2D eigenvalue weighted by Crippen LogP contribution is 2.27. The van der Waals surface area contributed by atoms with Crippen LogP contribution in [0.15, 0.2) is 4.90 Å². The Morgan fingerprint density at radius 3 is 2.00 bits per heavy atom. The minimum absolute atomic E-state index is 0.299. The summed E-state index contributed by atoms with van der Waals surface area (Å²) in [7, 11) is 0. The van der Waals surface area contributed by atoms with Crippen LogP contribution < -0.4 is 0 Å². The van der Waals surface area contributed by atoms with Crippen LogP contribution in [0.4, 0.5) is 0 Å². The lowest BCUT2D eigenvalue weighted by Crippen LogP contribution is -1.90. The van der Waals surface area contributed by atoms with Crippen molar-refractivity contribution in [1.82, 2.24) is 15.4 Å². The lowest BCUT2D eigenvalue weighted by molar-refractivity contribution is 0.840. The molecule has 1 aromatic heterocycles. The zero-order chi connectivity index (χ0) is 7.56. The second kappa shape index (κ2) is 3.37. The van der Waals surface area contributed by atoms with Crippen LogP contribution in [0.2, 0.25) is 10.3 Å². The minimum Gasteiger partial charge on any atom is -0.123 e. The molecule has 1 aromatic rings. The number of nitrogens with zero attached hydrogens (tertiary/aromatic N) is 3. The maximum atomic E-state index is 5.61. The largest absolute Gasteiger partial charge is 0.170 e. The van der Waals surface area contributed by atoms with Gasteiger partial charge >= 0.3 is 0 Å². The van der Waals surface area contributed by atoms with E-state index >= 15 is 0 Å². The molecule has 0 unspecified atom stereocenters. The maximum absolute atomic E-state index is 5.61. The first-order chi connectivity index (χ1) is 4.75. The first-order valence-electron chi connectivity index (χ1n) is 2.34. The SMILES string of the molecule is CSc1c(Cl)nnnc1Cl. The van der Waals surface area contributed by atoms with Crippen molar-refractivity contribution in [3.63, 3.8) is 0 Å². The van der Waals surface area contributed by atoms with Crippen LogP contribution in [0.1, 0.15) is 0 Å². The van der Waals surface area contributed by atoms with Gasteiger partial charge < -0.3 is 0 Å². The molecular weight excluding hydrogens is 193 g/mol. The van der Waals surface area contributed by atoms with Crippen molar-refractivity contribution >= 4 is 35.0 Å². The first kappa shape index (κ1) is 8.04. The summed E-state index contributed by atoms with van der Waals surface area (Å²) >= 11 is 12.6. The Morgan fingerprint density at radius 1 is 1.20 bits per heavy atom. The summed E-state index contributed by atoms with van der Waals surface area (Å²) in [4.78, 5) is 0.665. The first-order valence-corrected chi connectivity index (χ1v) is 4.32. The molecule has 3 nitrogen and oxygen atoms in total. The Hall–Kier alpha value is -0.0600. The summed E-state index contributed by atoms with van der Waals surface area (Å²) in [5, 5.41) is 10.9. The van der Waals surface area contributed by atoms with E-state index < -0.39 is 0 Å². The maximum Gasteiger partial charge on any atom is 0.170 e. The smallest absolute Gasteiger partial charge is 0.123 e. The molecule has 0 saturated heterocycles. The molecule has 0 aliphatic rings. The molecule has 0 amide bonds. The van der Waals surface area contributed by atoms with Crippen LogP contribution in [-0.2, 0) is 0 Å². The molecule has 0 N–H and O–H groups in total. The lowest BCUT2D eigenvalue weighted by Gasteiger charge is -1.96. The van der Waals surface area contributed by atoms with Crippen molar-refractivity contribution in [2.75, 3.05) is 6.26 Å². The third kappa shape index (κ3) is 1.51. The van der Waals surface area contributed by atoms with Crippen LogP contribution in [0.25, 0.3) is 0 Å². The van der Waals surface area contributed by atoms with Gasteiger partial charge in [0, 0.05) is 0 Å². The van der Waals surface area contributed by atoms with E-state index in [0.717, 1.165) is 0 Å². The molecule has 0 radical (unpaired) electrons. The molecule has 0 aromatic carbocycles. The van der Waals surface area contributed by atoms with Crippen molar-refractivity contribution in [2.45, 2.75) is 4.90 Å². The van der Waals surface area contributed by atoms with Crippen LogP contribution in [0.3, 0.4) is 0 Å². The fraction of sp³-hybridized carbons (Fsp3) is 0.250. The number of hydrogen-bond acceptors (Lipinski definition) is 4. The quantitative estimate of drug-likeness (QED) is 0.643. The summed E-state index contributed by atoms with van der Waals surface area (Å²) in [5.74, 6) is 0. The van der Waals surface area contributed by atoms with Gasteiger partial charge in [-0.15, -0.1) is 22.0 Å². The second-order valence-corrected chi connectivity index (χ2v) is 2.94. The van der Waals surface area contributed by atoms with Crippen LogP contribution in [0.5, 0.6) is 0 Å². The van der Waals surface area contributed by atoms with Gasteiger partial charge in [0.1, 0.15) is 0 Å². The van der Waals surface area contributed by atoms with Crippen LogP contribution in [0, 0.1) is 0 Å². The normalized spacial score (nSPS) is 9.90. The Bertz CT molecular complexity index is 222. The molecule has 0 aliphatic heterocycles. The fourth-order valence-electron chi connectivity index (χ4n) is 0.445. The topological polar surface area (TPSA) is 38.7 Å². The predicted octanol–water partition coefficient (Wildman–Crippen LogP) is 1.90. The van der Waals surface area contributed by atoms with E-state index in [4.69, 9.17) is 23.2 Å². The van der Waals surface area contributed by atoms with Gasteiger partial charge in [0.05, 0.1) is 4.90 Å². The molecule has 6 heteroatoms. The van der Waals surface area contributed by atoms with E-state index in [-0.39, 0.29) is 0 Å². The Kier molecular flexibility index (Phi) is 2.71. The van der Waals surface area contributed by atoms with E-state index in [1.165, 1.54) is 11.8 Å². The Labute approximate surface area is 72.1 Å². The molecule has 0 fully saturated rings. The van der Waals surface area contributed by atoms with Crippen LogP contribution in [-0.4, -0.2) is 21.7 Å². The lowest BCUT2D eigenvalue weighted by atomic mass is 10.7. The van der Waals surface area contributed by atoms with E-state index in [1.807, 2.05) is 6.26 Å². The van der Waals surface area contributed by atoms with E-state index in [1.54, 1.807) is 0 Å². The molecule has 0 aliphatic carbocycles. The van der Waals surface area contributed by atoms with Gasteiger partial charge in [0.2, 0.25) is 0 Å². The highest BCUT2D eigenvalue weighted by atomic mass is 35.5. The van der Waals surface area contributed by atoms with Gasteiger partial charge in [-0.05, 0) is 11.5 Å². The predicted molar refractivity (Wildman–Crippen MR) is 41.6 cm³/mol. The minimum atomic E-state index is 0.299. The number of halogens is 2. The van der Waals surface area contributed by atoms with Crippen molar-refractivity contribution in [3.8, 4) is 0 Å². The van der Waals surface area contributed by atoms with Crippen molar-refractivity contribution in [3.05, 3.63) is 10.3 Å². The number of aromatic nitrogens is 3. The van der Waals surface area contributed by atoms with Gasteiger partial charge in [-0.2, -0.15) is 0 Å². The zero-order valence-electron chi connectivity index (χ0n) is 5.01. The summed E-state index contributed by atoms with van der Waals surface area (Å²) in [6.07, 6.45) is 1.84. The summed E-state index contributed by atoms with van der Waals surface area (Å²) in [6.45, 7) is 0. The van der Waals surface area contributed by atoms with Gasteiger partial charge in [-0.3, -0.25) is 0 Å². The molecule has 0 bridgehead atoms. The molecule has 0 atom stereocenters. The van der Waals surface area contributed by atoms with Crippen LogP contribution >= 0.6 is 35.0 Å². The second-order valence-electron chi connectivity index (χ2n) is 1.40. The summed E-state index contributed by atoms with van der Waals surface area (Å²) in [6, 6.07) is 0. The van der Waals surface area contributed by atoms with E-state index in [2.05, 4.69) is 15.4 Å². The highest BCUT2D eigenvalue weighted by molar-refractivity contribution is 7.98. The van der Waals surface area contributed by atoms with E-state index in [0.29, 0.717) is 15.2 Å². The van der Waals surface area contributed by atoms with Gasteiger partial charge in [0.15, 0.2) is 10.3 Å².